The number of alkyl halides is 2. The monoisotopic (exact) mass is 418 g/mol. The molecule has 0 saturated heterocycles. The third-order valence-corrected chi connectivity index (χ3v) is 6.19. The molecule has 5 nitrogen and oxygen atoms in total. The molecule has 1 aliphatic rings. The van der Waals surface area contributed by atoms with Crippen molar-refractivity contribution in [3.63, 3.8) is 0 Å². The van der Waals surface area contributed by atoms with E-state index in [1.165, 1.54) is 12.0 Å². The smallest absolute Gasteiger partial charge is 0.387 e. The van der Waals surface area contributed by atoms with Gasteiger partial charge in [-0.05, 0) is 49.0 Å². The second-order valence-corrected chi connectivity index (χ2v) is 8.16. The first-order valence-corrected chi connectivity index (χ1v) is 10.1. The van der Waals surface area contributed by atoms with Crippen molar-refractivity contribution >= 4 is 33.7 Å². The summed E-state index contributed by atoms with van der Waals surface area (Å²) in [5.41, 5.74) is 1.34. The van der Waals surface area contributed by atoms with Gasteiger partial charge in [-0.15, -0.1) is 11.3 Å². The minimum absolute atomic E-state index is 0.0646. The fourth-order valence-electron chi connectivity index (χ4n) is 3.65. The molecule has 2 aromatic heterocycles. The van der Waals surface area contributed by atoms with E-state index in [0.29, 0.717) is 27.5 Å². The molecule has 1 atom stereocenters. The van der Waals surface area contributed by atoms with Crippen LogP contribution in [0.3, 0.4) is 0 Å². The highest BCUT2D eigenvalue weighted by atomic mass is 32.1. The average Bonchev–Trinajstić information content (AvgIpc) is 3.04. The van der Waals surface area contributed by atoms with Gasteiger partial charge in [0.05, 0.1) is 12.5 Å². The first-order chi connectivity index (χ1) is 14.0. The fourth-order valence-corrected chi connectivity index (χ4v) is 5.04. The summed E-state index contributed by atoms with van der Waals surface area (Å²) in [5.74, 6) is 1.10. The van der Waals surface area contributed by atoms with Gasteiger partial charge in [0, 0.05) is 10.4 Å². The van der Waals surface area contributed by atoms with Crippen molar-refractivity contribution in [1.29, 1.82) is 0 Å². The number of nitrogens with one attached hydrogen (secondary N) is 1. The van der Waals surface area contributed by atoms with Crippen molar-refractivity contribution in [2.75, 3.05) is 7.11 Å². The Balaban J connectivity index is 1.72. The number of fused-ring (bicyclic) bond motifs is 3. The second kappa shape index (κ2) is 7.94. The maximum absolute atomic E-state index is 12.8. The zero-order valence-electron chi connectivity index (χ0n) is 16.0. The van der Waals surface area contributed by atoms with Crippen molar-refractivity contribution < 1.29 is 18.3 Å². The number of H-pyrrole nitrogens is 1. The summed E-state index contributed by atoms with van der Waals surface area (Å²) in [7, 11) is 1.38. The van der Waals surface area contributed by atoms with Gasteiger partial charge in [-0.3, -0.25) is 4.79 Å². The van der Waals surface area contributed by atoms with Crippen molar-refractivity contribution in [3.8, 4) is 11.5 Å². The van der Waals surface area contributed by atoms with Crippen molar-refractivity contribution in [3.05, 3.63) is 50.4 Å². The molecule has 0 aliphatic heterocycles. The van der Waals surface area contributed by atoms with E-state index in [4.69, 9.17) is 4.74 Å². The summed E-state index contributed by atoms with van der Waals surface area (Å²) >= 11 is 1.56. The highest BCUT2D eigenvalue weighted by molar-refractivity contribution is 7.18. The van der Waals surface area contributed by atoms with Gasteiger partial charge in [-0.1, -0.05) is 19.1 Å². The summed E-state index contributed by atoms with van der Waals surface area (Å²) in [6.45, 7) is -0.764. The zero-order valence-corrected chi connectivity index (χ0v) is 16.8. The highest BCUT2D eigenvalue weighted by Crippen LogP contribution is 2.36. The number of aryl methyl sites for hydroxylation is 1. The Morgan fingerprint density at radius 1 is 1.34 bits per heavy atom. The lowest BCUT2D eigenvalue weighted by molar-refractivity contribution is -0.0513. The number of hydrogen-bond donors (Lipinski definition) is 1. The SMILES string of the molecule is COc1cccc(/C=C/c2nc3sc4c(c3c(=O)[nH]2)CC[C@H](C)C4)c1OC(F)F. The Bertz CT molecular complexity index is 1140. The van der Waals surface area contributed by atoms with Crippen LogP contribution in [0.15, 0.2) is 23.0 Å². The molecule has 0 bridgehead atoms. The molecule has 0 radical (unpaired) electrons. The number of nitrogens with zero attached hydrogens (tertiary/aromatic N) is 1. The van der Waals surface area contributed by atoms with Gasteiger partial charge in [0.1, 0.15) is 10.7 Å². The molecule has 3 aromatic rings. The van der Waals surface area contributed by atoms with E-state index >= 15 is 0 Å². The molecule has 0 fully saturated rings. The quantitative estimate of drug-likeness (QED) is 0.641. The minimum Gasteiger partial charge on any atom is -0.493 e. The lowest BCUT2D eigenvalue weighted by Crippen LogP contribution is -2.13. The van der Waals surface area contributed by atoms with E-state index < -0.39 is 6.61 Å². The van der Waals surface area contributed by atoms with Crippen LogP contribution in [0.2, 0.25) is 0 Å². The molecule has 4 rings (SSSR count). The Labute approximate surface area is 170 Å². The molecule has 0 amide bonds. The molecule has 8 heteroatoms. The maximum Gasteiger partial charge on any atom is 0.387 e. The Morgan fingerprint density at radius 3 is 2.93 bits per heavy atom. The number of thiophene rings is 1. The third-order valence-electron chi connectivity index (χ3n) is 5.04. The summed E-state index contributed by atoms with van der Waals surface area (Å²) in [6, 6.07) is 4.84. The lowest BCUT2D eigenvalue weighted by atomic mass is 9.89. The molecule has 0 spiro atoms. The number of benzene rings is 1. The maximum atomic E-state index is 12.8. The zero-order chi connectivity index (χ0) is 20.5. The molecular formula is C21H20F2N2O3S. The predicted molar refractivity (Wildman–Crippen MR) is 110 cm³/mol. The summed E-state index contributed by atoms with van der Waals surface area (Å²) in [6.07, 6.45) is 6.09. The van der Waals surface area contributed by atoms with Crippen LogP contribution >= 0.6 is 11.3 Å². The Hall–Kier alpha value is -2.74. The van der Waals surface area contributed by atoms with Gasteiger partial charge in [0.15, 0.2) is 11.5 Å². The predicted octanol–water partition coefficient (Wildman–Crippen LogP) is 4.89. The van der Waals surface area contributed by atoms with E-state index in [-0.39, 0.29) is 17.1 Å². The van der Waals surface area contributed by atoms with E-state index in [0.717, 1.165) is 24.8 Å². The van der Waals surface area contributed by atoms with Gasteiger partial charge >= 0.3 is 6.61 Å². The second-order valence-electron chi connectivity index (χ2n) is 7.07. The number of hydrogen-bond acceptors (Lipinski definition) is 5. The Morgan fingerprint density at radius 2 is 2.17 bits per heavy atom. The van der Waals surface area contributed by atoms with Crippen molar-refractivity contribution in [2.45, 2.75) is 32.8 Å². The van der Waals surface area contributed by atoms with E-state index in [9.17, 15) is 13.6 Å². The van der Waals surface area contributed by atoms with E-state index in [1.54, 1.807) is 41.7 Å². The van der Waals surface area contributed by atoms with E-state index in [2.05, 4.69) is 21.6 Å². The van der Waals surface area contributed by atoms with Gasteiger partial charge in [0.25, 0.3) is 5.56 Å². The molecule has 1 aromatic carbocycles. The van der Waals surface area contributed by atoms with Crippen LogP contribution in [0.25, 0.3) is 22.4 Å². The highest BCUT2D eigenvalue weighted by Gasteiger charge is 2.22. The lowest BCUT2D eigenvalue weighted by Gasteiger charge is -2.17. The van der Waals surface area contributed by atoms with Crippen molar-refractivity contribution in [2.24, 2.45) is 5.92 Å². The topological polar surface area (TPSA) is 64.2 Å². The molecule has 0 saturated carbocycles. The molecule has 0 unspecified atom stereocenters. The number of rotatable bonds is 5. The summed E-state index contributed by atoms with van der Waals surface area (Å²) in [5, 5.41) is 0.678. The third kappa shape index (κ3) is 3.89. The Kier molecular flexibility index (Phi) is 5.36. The molecule has 1 aliphatic carbocycles. The van der Waals surface area contributed by atoms with Gasteiger partial charge in [-0.25, -0.2) is 4.98 Å². The summed E-state index contributed by atoms with van der Waals surface area (Å²) in [4.78, 5) is 22.0. The average molecular weight is 418 g/mol. The van der Waals surface area contributed by atoms with E-state index in [1.807, 2.05) is 0 Å². The van der Waals surface area contributed by atoms with Gasteiger partial charge in [0.2, 0.25) is 0 Å². The van der Waals surface area contributed by atoms with Crippen LogP contribution in [-0.4, -0.2) is 23.7 Å². The number of ether oxygens (including phenoxy) is 2. The largest absolute Gasteiger partial charge is 0.493 e. The van der Waals surface area contributed by atoms with Crippen LogP contribution < -0.4 is 15.0 Å². The summed E-state index contributed by atoms with van der Waals surface area (Å²) < 4.78 is 35.3. The molecule has 29 heavy (non-hydrogen) atoms. The molecular weight excluding hydrogens is 398 g/mol. The van der Waals surface area contributed by atoms with Crippen LogP contribution in [0, 0.1) is 5.92 Å². The van der Waals surface area contributed by atoms with Crippen LogP contribution in [0.4, 0.5) is 8.78 Å². The molecule has 1 N–H and O–H groups in total. The number of aromatic nitrogens is 2. The molecule has 2 heterocycles. The number of methoxy groups -OCH3 is 1. The fraction of sp³-hybridized carbons (Fsp3) is 0.333. The standard InChI is InChI=1S/C21H20F2N2O3S/c1-11-6-8-13-15(10-11)29-20-17(13)19(26)24-16(25-20)9-7-12-4-3-5-14(27-2)18(12)28-21(22)23/h3-5,7,9,11,21H,6,8,10H2,1-2H3,(H,24,25,26)/b9-7+/t11-/m0/s1. The minimum atomic E-state index is -2.98. The first-order valence-electron chi connectivity index (χ1n) is 9.30. The van der Waals surface area contributed by atoms with Crippen LogP contribution in [0.1, 0.15) is 35.2 Å². The number of aromatic amines is 1. The number of para-hydroxylation sites is 1. The van der Waals surface area contributed by atoms with Crippen LogP contribution in [-0.2, 0) is 12.8 Å². The first kappa shape index (κ1) is 19.6. The van der Waals surface area contributed by atoms with Gasteiger partial charge < -0.3 is 14.5 Å². The van der Waals surface area contributed by atoms with Crippen molar-refractivity contribution in [1.82, 2.24) is 9.97 Å². The van der Waals surface area contributed by atoms with Crippen LogP contribution in [0.5, 0.6) is 11.5 Å². The van der Waals surface area contributed by atoms with Gasteiger partial charge in [-0.2, -0.15) is 8.78 Å². The molecule has 152 valence electrons. The number of halogens is 2. The normalized spacial score (nSPS) is 16.5.